The Bertz CT molecular complexity index is 1000. The molecular weight excluding hydrogens is 388 g/mol. The molecule has 1 amide bonds. The number of aryl methyl sites for hydroxylation is 1. The number of carbonyl (C=O) groups is 1. The molecule has 2 atom stereocenters. The van der Waals surface area contributed by atoms with Crippen molar-refractivity contribution >= 4 is 21.4 Å². The van der Waals surface area contributed by atoms with Gasteiger partial charge in [0.2, 0.25) is 5.91 Å². The van der Waals surface area contributed by atoms with Gasteiger partial charge in [0.25, 0.3) is 0 Å². The highest BCUT2D eigenvalue weighted by Gasteiger charge is 2.49. The van der Waals surface area contributed by atoms with E-state index in [1.165, 1.54) is 5.56 Å². The summed E-state index contributed by atoms with van der Waals surface area (Å²) in [5.41, 5.74) is 2.91. The SMILES string of the molecule is CCc1ccc(N2C(=O)CN(Cc3ccccc3OC)C3CS(=O)(=O)CC32)cc1. The Hall–Kier alpha value is -2.38. The van der Waals surface area contributed by atoms with Crippen LogP contribution in [0, 0.1) is 0 Å². The number of para-hydroxylation sites is 1. The topological polar surface area (TPSA) is 66.9 Å². The fourth-order valence-corrected chi connectivity index (χ4v) is 6.39. The van der Waals surface area contributed by atoms with Crippen molar-refractivity contribution in [3.8, 4) is 5.75 Å². The van der Waals surface area contributed by atoms with Crippen molar-refractivity contribution in [2.24, 2.45) is 0 Å². The van der Waals surface area contributed by atoms with Crippen LogP contribution in [0.1, 0.15) is 18.1 Å². The normalized spacial score (nSPS) is 23.8. The molecule has 2 unspecified atom stereocenters. The van der Waals surface area contributed by atoms with E-state index in [0.29, 0.717) is 6.54 Å². The van der Waals surface area contributed by atoms with Crippen LogP contribution in [0.15, 0.2) is 48.5 Å². The number of fused-ring (bicyclic) bond motifs is 1. The second kappa shape index (κ2) is 7.80. The van der Waals surface area contributed by atoms with Crippen molar-refractivity contribution in [2.45, 2.75) is 32.0 Å². The van der Waals surface area contributed by atoms with Gasteiger partial charge in [-0.2, -0.15) is 0 Å². The summed E-state index contributed by atoms with van der Waals surface area (Å²) < 4.78 is 30.5. The molecule has 2 aliphatic heterocycles. The lowest BCUT2D eigenvalue weighted by atomic mass is 10.0. The average molecular weight is 415 g/mol. The zero-order chi connectivity index (χ0) is 20.6. The fraction of sp³-hybridized carbons (Fsp3) is 0.409. The van der Waals surface area contributed by atoms with Crippen LogP contribution in [-0.4, -0.2) is 56.5 Å². The average Bonchev–Trinajstić information content (AvgIpc) is 3.04. The summed E-state index contributed by atoms with van der Waals surface area (Å²) in [5.74, 6) is 0.753. The lowest BCUT2D eigenvalue weighted by Crippen LogP contribution is -2.61. The van der Waals surface area contributed by atoms with Gasteiger partial charge in [0.15, 0.2) is 9.84 Å². The zero-order valence-electron chi connectivity index (χ0n) is 16.7. The molecule has 0 aliphatic carbocycles. The van der Waals surface area contributed by atoms with Crippen LogP contribution >= 0.6 is 0 Å². The molecule has 0 radical (unpaired) electrons. The van der Waals surface area contributed by atoms with Crippen LogP contribution < -0.4 is 9.64 Å². The number of rotatable bonds is 5. The molecular formula is C22H26N2O4S. The summed E-state index contributed by atoms with van der Waals surface area (Å²) in [4.78, 5) is 16.8. The van der Waals surface area contributed by atoms with Gasteiger partial charge in [0.05, 0.1) is 31.2 Å². The maximum atomic E-state index is 13.1. The van der Waals surface area contributed by atoms with Gasteiger partial charge in [0.1, 0.15) is 5.75 Å². The highest BCUT2D eigenvalue weighted by molar-refractivity contribution is 7.91. The third-order valence-corrected chi connectivity index (χ3v) is 7.59. The molecule has 0 N–H and O–H groups in total. The number of anilines is 1. The Labute approximate surface area is 172 Å². The van der Waals surface area contributed by atoms with E-state index >= 15 is 0 Å². The number of sulfone groups is 1. The number of nitrogens with zero attached hydrogens (tertiary/aromatic N) is 2. The number of hydrogen-bond donors (Lipinski definition) is 0. The van der Waals surface area contributed by atoms with Crippen LogP contribution in [0.25, 0.3) is 0 Å². The number of ether oxygens (including phenoxy) is 1. The molecule has 0 spiro atoms. The monoisotopic (exact) mass is 414 g/mol. The molecule has 2 aromatic carbocycles. The molecule has 2 fully saturated rings. The van der Waals surface area contributed by atoms with E-state index in [2.05, 4.69) is 6.92 Å². The molecule has 2 aromatic rings. The van der Waals surface area contributed by atoms with Crippen molar-refractivity contribution in [3.63, 3.8) is 0 Å². The minimum atomic E-state index is -3.21. The zero-order valence-corrected chi connectivity index (χ0v) is 17.6. The van der Waals surface area contributed by atoms with Crippen molar-refractivity contribution in [1.29, 1.82) is 0 Å². The second-order valence-corrected chi connectivity index (χ2v) is 9.87. The van der Waals surface area contributed by atoms with Crippen molar-refractivity contribution < 1.29 is 17.9 Å². The van der Waals surface area contributed by atoms with E-state index in [4.69, 9.17) is 4.74 Å². The minimum Gasteiger partial charge on any atom is -0.496 e. The lowest BCUT2D eigenvalue weighted by Gasteiger charge is -2.43. The molecule has 29 heavy (non-hydrogen) atoms. The minimum absolute atomic E-state index is 0.00135. The fourth-order valence-electron chi connectivity index (χ4n) is 4.41. The summed E-state index contributed by atoms with van der Waals surface area (Å²) in [5, 5.41) is 0. The van der Waals surface area contributed by atoms with Gasteiger partial charge in [-0.15, -0.1) is 0 Å². The molecule has 4 rings (SSSR count). The lowest BCUT2D eigenvalue weighted by molar-refractivity contribution is -0.123. The number of hydrogen-bond acceptors (Lipinski definition) is 5. The first-order valence-electron chi connectivity index (χ1n) is 9.89. The maximum Gasteiger partial charge on any atom is 0.241 e. The summed E-state index contributed by atoms with van der Waals surface area (Å²) in [6.45, 7) is 2.75. The summed E-state index contributed by atoms with van der Waals surface area (Å²) >= 11 is 0. The first-order valence-corrected chi connectivity index (χ1v) is 11.7. The number of piperazine rings is 1. The third kappa shape index (κ3) is 3.89. The van der Waals surface area contributed by atoms with Gasteiger partial charge in [-0.3, -0.25) is 9.69 Å². The Morgan fingerprint density at radius 3 is 2.41 bits per heavy atom. The quantitative estimate of drug-likeness (QED) is 0.751. The van der Waals surface area contributed by atoms with Gasteiger partial charge >= 0.3 is 0 Å². The molecule has 154 valence electrons. The molecule has 7 heteroatoms. The highest BCUT2D eigenvalue weighted by Crippen LogP contribution is 2.33. The van der Waals surface area contributed by atoms with Gasteiger partial charge < -0.3 is 9.64 Å². The molecule has 0 saturated carbocycles. The number of methoxy groups -OCH3 is 1. The molecule has 6 nitrogen and oxygen atoms in total. The number of benzene rings is 2. The standard InChI is InChI=1S/C22H26N2O4S/c1-3-16-8-10-18(11-9-16)24-20-15-29(26,27)14-19(20)23(13-22(24)25)12-17-6-4-5-7-21(17)28-2/h4-11,19-20H,3,12-15H2,1-2H3. The van der Waals surface area contributed by atoms with Crippen molar-refractivity contribution in [1.82, 2.24) is 4.90 Å². The van der Waals surface area contributed by atoms with Crippen LogP contribution in [0.5, 0.6) is 5.75 Å². The Morgan fingerprint density at radius 2 is 1.72 bits per heavy atom. The molecule has 2 saturated heterocycles. The van der Waals surface area contributed by atoms with Crippen molar-refractivity contribution in [2.75, 3.05) is 30.1 Å². The molecule has 0 aromatic heterocycles. The van der Waals surface area contributed by atoms with Gasteiger partial charge in [-0.25, -0.2) is 8.42 Å². The molecule has 0 bridgehead atoms. The smallest absolute Gasteiger partial charge is 0.241 e. The third-order valence-electron chi connectivity index (χ3n) is 5.89. The summed E-state index contributed by atoms with van der Waals surface area (Å²) in [7, 11) is -1.60. The van der Waals surface area contributed by atoms with E-state index in [0.717, 1.165) is 23.4 Å². The number of amides is 1. The summed E-state index contributed by atoms with van der Waals surface area (Å²) in [6, 6.07) is 14.9. The van der Waals surface area contributed by atoms with Gasteiger partial charge in [0, 0.05) is 23.8 Å². The van der Waals surface area contributed by atoms with Crippen LogP contribution in [-0.2, 0) is 27.6 Å². The second-order valence-electron chi connectivity index (χ2n) is 7.71. The van der Waals surface area contributed by atoms with Crippen LogP contribution in [0.2, 0.25) is 0 Å². The first-order chi connectivity index (χ1) is 13.9. The molecule has 2 aliphatic rings. The highest BCUT2D eigenvalue weighted by atomic mass is 32.2. The Kier molecular flexibility index (Phi) is 5.36. The predicted molar refractivity (Wildman–Crippen MR) is 113 cm³/mol. The van der Waals surface area contributed by atoms with E-state index in [1.54, 1.807) is 12.0 Å². The van der Waals surface area contributed by atoms with Crippen LogP contribution in [0.3, 0.4) is 0 Å². The largest absolute Gasteiger partial charge is 0.496 e. The first kappa shape index (κ1) is 19.9. The predicted octanol–water partition coefficient (Wildman–Crippen LogP) is 2.27. The Balaban J connectivity index is 1.66. The van der Waals surface area contributed by atoms with Gasteiger partial charge in [-0.05, 0) is 30.2 Å². The van der Waals surface area contributed by atoms with Gasteiger partial charge in [-0.1, -0.05) is 37.3 Å². The van der Waals surface area contributed by atoms with E-state index < -0.39 is 9.84 Å². The molecule has 2 heterocycles. The number of carbonyl (C=O) groups excluding carboxylic acids is 1. The summed E-state index contributed by atoms with van der Waals surface area (Å²) in [6.07, 6.45) is 0.918. The van der Waals surface area contributed by atoms with Crippen LogP contribution in [0.4, 0.5) is 5.69 Å². The van der Waals surface area contributed by atoms with E-state index in [-0.39, 0.29) is 36.0 Å². The van der Waals surface area contributed by atoms with E-state index in [1.807, 2.05) is 53.4 Å². The Morgan fingerprint density at radius 1 is 1.03 bits per heavy atom. The van der Waals surface area contributed by atoms with E-state index in [9.17, 15) is 13.2 Å². The maximum absolute atomic E-state index is 13.1. The van der Waals surface area contributed by atoms with Crippen molar-refractivity contribution in [3.05, 3.63) is 59.7 Å².